The van der Waals surface area contributed by atoms with Gasteiger partial charge in [0.15, 0.2) is 0 Å². The zero-order valence-corrected chi connectivity index (χ0v) is 12.5. The first kappa shape index (κ1) is 16.7. The Hall–Kier alpha value is -2.64. The number of anilines is 1. The SMILES string of the molecule is CCCC(=O)Oc1ccnc(NCC(F)(F)c2ccccn2)n1. The minimum Gasteiger partial charge on any atom is -0.407 e. The number of hydrogen-bond acceptors (Lipinski definition) is 6. The van der Waals surface area contributed by atoms with Crippen molar-refractivity contribution < 1.29 is 18.3 Å². The first-order chi connectivity index (χ1) is 11.0. The third-order valence-corrected chi connectivity index (χ3v) is 2.81. The van der Waals surface area contributed by atoms with Crippen LogP contribution in [-0.2, 0) is 10.7 Å². The molecular formula is C15H16F2N4O2. The fourth-order valence-electron chi connectivity index (χ4n) is 1.72. The van der Waals surface area contributed by atoms with Gasteiger partial charge in [-0.15, -0.1) is 0 Å². The highest BCUT2D eigenvalue weighted by atomic mass is 19.3. The molecule has 2 aromatic rings. The number of pyridine rings is 1. The van der Waals surface area contributed by atoms with Crippen LogP contribution < -0.4 is 10.1 Å². The van der Waals surface area contributed by atoms with Crippen molar-refractivity contribution in [1.82, 2.24) is 15.0 Å². The molecule has 2 rings (SSSR count). The van der Waals surface area contributed by atoms with Crippen molar-refractivity contribution in [3.63, 3.8) is 0 Å². The maximum absolute atomic E-state index is 14.0. The van der Waals surface area contributed by atoms with E-state index in [9.17, 15) is 13.6 Å². The number of carbonyl (C=O) groups is 1. The molecule has 122 valence electrons. The van der Waals surface area contributed by atoms with Crippen LogP contribution in [0, 0.1) is 0 Å². The zero-order valence-electron chi connectivity index (χ0n) is 12.5. The number of nitrogens with one attached hydrogen (secondary N) is 1. The number of esters is 1. The van der Waals surface area contributed by atoms with E-state index >= 15 is 0 Å². The number of hydrogen-bond donors (Lipinski definition) is 1. The van der Waals surface area contributed by atoms with Gasteiger partial charge in [0.05, 0.1) is 6.54 Å². The molecule has 0 saturated carbocycles. The van der Waals surface area contributed by atoms with Crippen molar-refractivity contribution in [3.05, 3.63) is 42.4 Å². The summed E-state index contributed by atoms with van der Waals surface area (Å²) >= 11 is 0. The Morgan fingerprint density at radius 1 is 1.26 bits per heavy atom. The molecule has 0 aliphatic rings. The minimum atomic E-state index is -3.18. The largest absolute Gasteiger partial charge is 0.407 e. The fourth-order valence-corrected chi connectivity index (χ4v) is 1.72. The molecule has 8 heteroatoms. The average Bonchev–Trinajstić information content (AvgIpc) is 2.54. The number of nitrogens with zero attached hydrogens (tertiary/aromatic N) is 3. The van der Waals surface area contributed by atoms with Crippen LogP contribution in [0.1, 0.15) is 25.5 Å². The fraction of sp³-hybridized carbons (Fsp3) is 0.333. The monoisotopic (exact) mass is 322 g/mol. The quantitative estimate of drug-likeness (QED) is 0.790. The number of aromatic nitrogens is 3. The predicted octanol–water partition coefficient (Wildman–Crippen LogP) is 2.78. The van der Waals surface area contributed by atoms with E-state index in [1.165, 1.54) is 30.6 Å². The summed E-state index contributed by atoms with van der Waals surface area (Å²) < 4.78 is 33.0. The maximum atomic E-state index is 14.0. The van der Waals surface area contributed by atoms with Gasteiger partial charge in [0.25, 0.3) is 0 Å². The number of ether oxygens (including phenoxy) is 1. The summed E-state index contributed by atoms with van der Waals surface area (Å²) in [6.07, 6.45) is 3.52. The van der Waals surface area contributed by atoms with Crippen LogP contribution in [0.5, 0.6) is 5.88 Å². The Labute approximate surface area is 131 Å². The molecule has 23 heavy (non-hydrogen) atoms. The molecule has 0 radical (unpaired) electrons. The van der Waals surface area contributed by atoms with Gasteiger partial charge in [0.2, 0.25) is 11.8 Å². The molecule has 0 unspecified atom stereocenters. The molecule has 0 bridgehead atoms. The minimum absolute atomic E-state index is 0.0158. The lowest BCUT2D eigenvalue weighted by Gasteiger charge is -2.16. The Bertz CT molecular complexity index is 653. The zero-order chi connectivity index (χ0) is 16.7. The highest BCUT2D eigenvalue weighted by Gasteiger charge is 2.33. The molecular weight excluding hydrogens is 306 g/mol. The molecule has 0 aromatic carbocycles. The van der Waals surface area contributed by atoms with E-state index in [4.69, 9.17) is 4.74 Å². The summed E-state index contributed by atoms with van der Waals surface area (Å²) in [6, 6.07) is 5.67. The third kappa shape index (κ3) is 4.94. The second-order valence-corrected chi connectivity index (χ2v) is 4.72. The van der Waals surface area contributed by atoms with Gasteiger partial charge in [-0.25, -0.2) is 4.98 Å². The molecule has 0 aliphatic heterocycles. The lowest BCUT2D eigenvalue weighted by Crippen LogP contribution is -2.26. The van der Waals surface area contributed by atoms with Crippen molar-refractivity contribution in [3.8, 4) is 5.88 Å². The van der Waals surface area contributed by atoms with E-state index in [-0.39, 0.29) is 23.9 Å². The van der Waals surface area contributed by atoms with Crippen LogP contribution >= 0.6 is 0 Å². The third-order valence-electron chi connectivity index (χ3n) is 2.81. The van der Waals surface area contributed by atoms with Gasteiger partial charge in [-0.3, -0.25) is 9.78 Å². The summed E-state index contributed by atoms with van der Waals surface area (Å²) in [5.74, 6) is -3.65. The summed E-state index contributed by atoms with van der Waals surface area (Å²) in [5.41, 5.74) is -0.349. The maximum Gasteiger partial charge on any atom is 0.312 e. The van der Waals surface area contributed by atoms with Gasteiger partial charge in [-0.1, -0.05) is 13.0 Å². The highest BCUT2D eigenvalue weighted by Crippen LogP contribution is 2.26. The number of alkyl halides is 2. The second-order valence-electron chi connectivity index (χ2n) is 4.72. The van der Waals surface area contributed by atoms with Crippen molar-refractivity contribution in [2.24, 2.45) is 0 Å². The molecule has 0 aliphatic carbocycles. The lowest BCUT2D eigenvalue weighted by molar-refractivity contribution is -0.134. The van der Waals surface area contributed by atoms with E-state index in [1.807, 2.05) is 6.92 Å². The molecule has 0 saturated heterocycles. The van der Waals surface area contributed by atoms with Crippen LogP contribution in [0.4, 0.5) is 14.7 Å². The van der Waals surface area contributed by atoms with Gasteiger partial charge in [0.1, 0.15) is 5.69 Å². The first-order valence-electron chi connectivity index (χ1n) is 7.08. The molecule has 0 fully saturated rings. The summed E-state index contributed by atoms with van der Waals surface area (Å²) in [4.78, 5) is 22.7. The Kier molecular flexibility index (Phi) is 5.51. The average molecular weight is 322 g/mol. The van der Waals surface area contributed by atoms with Gasteiger partial charge in [-0.05, 0) is 18.6 Å². The van der Waals surface area contributed by atoms with Crippen LogP contribution in [0.15, 0.2) is 36.7 Å². The highest BCUT2D eigenvalue weighted by molar-refractivity contribution is 5.71. The molecule has 0 amide bonds. The van der Waals surface area contributed by atoms with Crippen LogP contribution in [0.2, 0.25) is 0 Å². The topological polar surface area (TPSA) is 77.0 Å². The smallest absolute Gasteiger partial charge is 0.312 e. The van der Waals surface area contributed by atoms with E-state index in [0.717, 1.165) is 0 Å². The molecule has 1 N–H and O–H groups in total. The van der Waals surface area contributed by atoms with E-state index in [0.29, 0.717) is 6.42 Å². The molecule has 2 heterocycles. The van der Waals surface area contributed by atoms with Gasteiger partial charge in [0, 0.05) is 24.9 Å². The van der Waals surface area contributed by atoms with Gasteiger partial charge < -0.3 is 10.1 Å². The molecule has 0 atom stereocenters. The van der Waals surface area contributed by atoms with E-state index in [2.05, 4.69) is 20.3 Å². The molecule has 0 spiro atoms. The lowest BCUT2D eigenvalue weighted by atomic mass is 10.2. The molecule has 6 nitrogen and oxygen atoms in total. The second kappa shape index (κ2) is 7.57. The van der Waals surface area contributed by atoms with E-state index in [1.54, 1.807) is 6.07 Å². The van der Waals surface area contributed by atoms with Gasteiger partial charge in [-0.2, -0.15) is 13.8 Å². The number of carbonyl (C=O) groups excluding carboxylic acids is 1. The summed E-state index contributed by atoms with van der Waals surface area (Å²) in [5, 5.41) is 2.43. The Balaban J connectivity index is 1.99. The van der Waals surface area contributed by atoms with Crippen LogP contribution in [0.25, 0.3) is 0 Å². The summed E-state index contributed by atoms with van der Waals surface area (Å²) in [7, 11) is 0. The van der Waals surface area contributed by atoms with Crippen molar-refractivity contribution in [2.45, 2.75) is 25.7 Å². The van der Waals surface area contributed by atoms with Crippen LogP contribution in [0.3, 0.4) is 0 Å². The molecule has 2 aromatic heterocycles. The normalized spacial score (nSPS) is 11.1. The van der Waals surface area contributed by atoms with Crippen LogP contribution in [-0.4, -0.2) is 27.5 Å². The number of rotatable bonds is 7. The standard InChI is InChI=1S/C15H16F2N4O2/c1-2-5-13(22)23-12-7-9-19-14(21-12)20-10-15(16,17)11-6-3-4-8-18-11/h3-4,6-9H,2,5,10H2,1H3,(H,19,20,21). The first-order valence-corrected chi connectivity index (χ1v) is 7.08. The Morgan fingerprint density at radius 2 is 2.09 bits per heavy atom. The van der Waals surface area contributed by atoms with Gasteiger partial charge >= 0.3 is 11.9 Å². The van der Waals surface area contributed by atoms with Crippen molar-refractivity contribution in [2.75, 3.05) is 11.9 Å². The predicted molar refractivity (Wildman–Crippen MR) is 79.2 cm³/mol. The summed E-state index contributed by atoms with van der Waals surface area (Å²) in [6.45, 7) is 1.12. The Morgan fingerprint density at radius 3 is 2.78 bits per heavy atom. The van der Waals surface area contributed by atoms with Crippen molar-refractivity contribution in [1.29, 1.82) is 0 Å². The van der Waals surface area contributed by atoms with E-state index < -0.39 is 18.4 Å². The van der Waals surface area contributed by atoms with Crippen molar-refractivity contribution >= 4 is 11.9 Å². The number of halogens is 2.